The van der Waals surface area contributed by atoms with Crippen LogP contribution in [0, 0.1) is 23.4 Å². The van der Waals surface area contributed by atoms with Gasteiger partial charge in [-0.25, -0.2) is 13.2 Å². The molecule has 0 bridgehead atoms. The molecular formula is C32H35F3O. The average Bonchev–Trinajstić information content (AvgIpc) is 2.90. The van der Waals surface area contributed by atoms with Crippen molar-refractivity contribution >= 4 is 0 Å². The molecule has 3 aromatic rings. The lowest BCUT2D eigenvalue weighted by Gasteiger charge is -2.29. The zero-order chi connectivity index (χ0) is 25.5. The third kappa shape index (κ3) is 6.10. The zero-order valence-electron chi connectivity index (χ0n) is 21.2. The lowest BCUT2D eigenvalue weighted by atomic mass is 9.90. The minimum atomic E-state index is -0.861. The minimum absolute atomic E-state index is 0.0630. The molecule has 0 aromatic heterocycles. The molecule has 0 N–H and O–H groups in total. The van der Waals surface area contributed by atoms with E-state index in [9.17, 15) is 8.78 Å². The standard InChI is InChI=1S/C32H35F3O/c1-3-5-7-8-22-10-19-30(36-21-22)26-16-17-27(29(33)20-26)23-11-13-24(14-12-23)28-18-15-25(9-6-4-2)31(34)32(28)35/h4,6,11-18,20,22,30H,3,5,7-10,19,21H2,1-2H3/b6-4-. The highest BCUT2D eigenvalue weighted by Crippen LogP contribution is 2.35. The number of benzene rings is 3. The van der Waals surface area contributed by atoms with Crippen LogP contribution >= 0.6 is 0 Å². The van der Waals surface area contributed by atoms with Gasteiger partial charge in [-0.15, -0.1) is 0 Å². The second-order valence-electron chi connectivity index (χ2n) is 9.75. The van der Waals surface area contributed by atoms with Crippen LogP contribution in [0.1, 0.15) is 69.6 Å². The molecule has 0 amide bonds. The summed E-state index contributed by atoms with van der Waals surface area (Å²) in [7, 11) is 0. The van der Waals surface area contributed by atoms with Gasteiger partial charge in [0.15, 0.2) is 11.6 Å². The first-order valence-corrected chi connectivity index (χ1v) is 13.1. The van der Waals surface area contributed by atoms with E-state index in [1.807, 2.05) is 19.1 Å². The summed E-state index contributed by atoms with van der Waals surface area (Å²) in [5.41, 5.74) is 3.11. The van der Waals surface area contributed by atoms with Crippen LogP contribution in [-0.4, -0.2) is 6.61 Å². The first kappa shape index (κ1) is 26.2. The zero-order valence-corrected chi connectivity index (χ0v) is 21.2. The van der Waals surface area contributed by atoms with Crippen LogP contribution in [0.15, 0.2) is 66.7 Å². The van der Waals surface area contributed by atoms with Crippen LogP contribution < -0.4 is 0 Å². The summed E-state index contributed by atoms with van der Waals surface area (Å²) in [4.78, 5) is 0. The predicted octanol–water partition coefficient (Wildman–Crippen LogP) is 9.60. The molecule has 0 radical (unpaired) electrons. The Morgan fingerprint density at radius 1 is 0.861 bits per heavy atom. The normalized spacial score (nSPS) is 18.1. The van der Waals surface area contributed by atoms with Gasteiger partial charge >= 0.3 is 0 Å². The molecule has 3 aromatic carbocycles. The van der Waals surface area contributed by atoms with Crippen LogP contribution in [0.4, 0.5) is 13.2 Å². The van der Waals surface area contributed by atoms with Crippen molar-refractivity contribution in [3.05, 3.63) is 95.3 Å². The Morgan fingerprint density at radius 3 is 2.22 bits per heavy atom. The fourth-order valence-electron chi connectivity index (χ4n) is 4.99. The highest BCUT2D eigenvalue weighted by Gasteiger charge is 2.23. The van der Waals surface area contributed by atoms with E-state index in [0.717, 1.165) is 25.0 Å². The maximum atomic E-state index is 15.1. The Bertz CT molecular complexity index is 1170. The lowest BCUT2D eigenvalue weighted by Crippen LogP contribution is -2.20. The molecule has 36 heavy (non-hydrogen) atoms. The molecule has 4 rings (SSSR count). The largest absolute Gasteiger partial charge is 0.373 e. The van der Waals surface area contributed by atoms with Gasteiger partial charge in [0.05, 0.1) is 12.7 Å². The summed E-state index contributed by atoms with van der Waals surface area (Å²) < 4.78 is 50.4. The lowest BCUT2D eigenvalue weighted by molar-refractivity contribution is -0.0200. The predicted molar refractivity (Wildman–Crippen MR) is 141 cm³/mol. The third-order valence-corrected chi connectivity index (χ3v) is 7.19. The molecule has 0 saturated carbocycles. The van der Waals surface area contributed by atoms with Gasteiger partial charge in [0, 0.05) is 11.1 Å². The number of rotatable bonds is 9. The summed E-state index contributed by atoms with van der Waals surface area (Å²) in [6, 6.07) is 15.4. The number of hydrogen-bond donors (Lipinski definition) is 0. The molecule has 0 aliphatic carbocycles. The van der Waals surface area contributed by atoms with Crippen molar-refractivity contribution in [2.75, 3.05) is 6.61 Å². The summed E-state index contributed by atoms with van der Waals surface area (Å²) in [5, 5.41) is 0. The van der Waals surface area contributed by atoms with Gasteiger partial charge in [-0.05, 0) is 66.8 Å². The molecule has 1 nitrogen and oxygen atoms in total. The average molecular weight is 493 g/mol. The summed E-state index contributed by atoms with van der Waals surface area (Å²) in [5.74, 6) is -1.38. The topological polar surface area (TPSA) is 9.23 Å². The molecule has 1 fully saturated rings. The Balaban J connectivity index is 1.45. The van der Waals surface area contributed by atoms with Gasteiger partial charge in [0.25, 0.3) is 0 Å². The van der Waals surface area contributed by atoms with Crippen molar-refractivity contribution in [3.8, 4) is 22.3 Å². The van der Waals surface area contributed by atoms with Gasteiger partial charge in [-0.3, -0.25) is 0 Å². The molecule has 1 aliphatic rings. The highest BCUT2D eigenvalue weighted by atomic mass is 19.2. The number of halogens is 3. The first-order chi connectivity index (χ1) is 17.5. The van der Waals surface area contributed by atoms with Crippen LogP contribution in [0.25, 0.3) is 22.3 Å². The fraction of sp³-hybridized carbons (Fsp3) is 0.375. The quantitative estimate of drug-likeness (QED) is 0.213. The maximum absolute atomic E-state index is 15.1. The van der Waals surface area contributed by atoms with Crippen molar-refractivity contribution in [3.63, 3.8) is 0 Å². The van der Waals surface area contributed by atoms with Crippen LogP contribution in [0.3, 0.4) is 0 Å². The number of allylic oxidation sites excluding steroid dienone is 2. The van der Waals surface area contributed by atoms with Crippen LogP contribution in [-0.2, 0) is 11.2 Å². The van der Waals surface area contributed by atoms with Crippen molar-refractivity contribution in [2.45, 2.75) is 64.9 Å². The van der Waals surface area contributed by atoms with Gasteiger partial charge in [-0.2, -0.15) is 0 Å². The second-order valence-corrected chi connectivity index (χ2v) is 9.75. The smallest absolute Gasteiger partial charge is 0.166 e. The number of unbranched alkanes of at least 4 members (excludes halogenated alkanes) is 2. The molecule has 0 spiro atoms. The number of ether oxygens (including phenoxy) is 1. The molecule has 1 saturated heterocycles. The van der Waals surface area contributed by atoms with Crippen molar-refractivity contribution in [1.82, 2.24) is 0 Å². The minimum Gasteiger partial charge on any atom is -0.373 e. The first-order valence-electron chi connectivity index (χ1n) is 13.1. The molecule has 2 unspecified atom stereocenters. The van der Waals surface area contributed by atoms with Gasteiger partial charge < -0.3 is 4.74 Å². The maximum Gasteiger partial charge on any atom is 0.166 e. The van der Waals surface area contributed by atoms with E-state index >= 15 is 4.39 Å². The second kappa shape index (κ2) is 12.4. The highest BCUT2D eigenvalue weighted by molar-refractivity contribution is 5.71. The van der Waals surface area contributed by atoms with Crippen LogP contribution in [0.5, 0.6) is 0 Å². The number of hydrogen-bond acceptors (Lipinski definition) is 1. The Labute approximate surface area is 213 Å². The van der Waals surface area contributed by atoms with E-state index in [-0.39, 0.29) is 17.5 Å². The summed E-state index contributed by atoms with van der Waals surface area (Å²) >= 11 is 0. The van der Waals surface area contributed by atoms with E-state index in [0.29, 0.717) is 34.6 Å². The molecule has 1 heterocycles. The van der Waals surface area contributed by atoms with Crippen molar-refractivity contribution in [1.29, 1.82) is 0 Å². The van der Waals surface area contributed by atoms with Crippen molar-refractivity contribution < 1.29 is 17.9 Å². The summed E-state index contributed by atoms with van der Waals surface area (Å²) in [6.45, 7) is 4.80. The van der Waals surface area contributed by atoms with E-state index in [1.165, 1.54) is 25.7 Å². The van der Waals surface area contributed by atoms with E-state index < -0.39 is 11.6 Å². The van der Waals surface area contributed by atoms with E-state index in [2.05, 4.69) is 6.92 Å². The molecule has 2 atom stereocenters. The van der Waals surface area contributed by atoms with Gasteiger partial charge in [0.2, 0.25) is 0 Å². The van der Waals surface area contributed by atoms with Gasteiger partial charge in [-0.1, -0.05) is 86.9 Å². The molecular weight excluding hydrogens is 457 g/mol. The molecule has 1 aliphatic heterocycles. The van der Waals surface area contributed by atoms with E-state index in [1.54, 1.807) is 54.6 Å². The van der Waals surface area contributed by atoms with Crippen LogP contribution in [0.2, 0.25) is 0 Å². The van der Waals surface area contributed by atoms with Gasteiger partial charge in [0.1, 0.15) is 5.82 Å². The SMILES string of the molecule is C/C=C\Cc1ccc(-c2ccc(-c3ccc(C4CCC(CCCCC)CO4)cc3F)cc2)c(F)c1F. The third-order valence-electron chi connectivity index (χ3n) is 7.19. The summed E-state index contributed by atoms with van der Waals surface area (Å²) in [6.07, 6.45) is 10.9. The fourth-order valence-corrected chi connectivity index (χ4v) is 4.99. The van der Waals surface area contributed by atoms with Crippen molar-refractivity contribution in [2.24, 2.45) is 5.92 Å². The van der Waals surface area contributed by atoms with E-state index in [4.69, 9.17) is 4.74 Å². The Kier molecular flexibility index (Phi) is 9.03. The molecule has 4 heteroatoms. The molecule has 190 valence electrons. The Hall–Kier alpha value is -2.85. The monoisotopic (exact) mass is 492 g/mol. The Morgan fingerprint density at radius 2 is 1.58 bits per heavy atom.